The lowest BCUT2D eigenvalue weighted by Crippen LogP contribution is -2.19. The number of aromatic nitrogens is 3. The smallest absolute Gasteiger partial charge is 0.250 e. The van der Waals surface area contributed by atoms with E-state index < -0.39 is 0 Å². The van der Waals surface area contributed by atoms with Crippen molar-refractivity contribution in [1.82, 2.24) is 20.0 Å². The summed E-state index contributed by atoms with van der Waals surface area (Å²) in [5.41, 5.74) is 8.64. The molecule has 2 aromatic heterocycles. The number of carbonyl (C=O) groups excluding carboxylic acids is 1. The molecule has 162 valence electrons. The average Bonchev–Trinajstić information content (AvgIpc) is 3.04. The first-order valence-corrected chi connectivity index (χ1v) is 11.3. The average molecular weight is 444 g/mol. The summed E-state index contributed by atoms with van der Waals surface area (Å²) in [6, 6.07) is 18.6. The standard InChI is InChI=1S/C25H25N5OS/c1-16-12-17(2)28-25(27-16)32-15-24(31)29-26-14-21-13-18(3)30(19(21)4)23-11-7-9-20-8-5-6-10-22(20)23/h5-14H,15H2,1-4H3,(H,29,31)/b26-14-. The molecule has 6 nitrogen and oxygen atoms in total. The van der Waals surface area contributed by atoms with Gasteiger partial charge in [0.1, 0.15) is 0 Å². The maximum absolute atomic E-state index is 12.2. The molecule has 2 heterocycles. The van der Waals surface area contributed by atoms with Gasteiger partial charge in [0.15, 0.2) is 5.16 Å². The third kappa shape index (κ3) is 4.73. The summed E-state index contributed by atoms with van der Waals surface area (Å²) in [5.74, 6) is 0.00629. The number of nitrogens with zero attached hydrogens (tertiary/aromatic N) is 4. The van der Waals surface area contributed by atoms with Crippen molar-refractivity contribution in [2.24, 2.45) is 5.10 Å². The van der Waals surface area contributed by atoms with Gasteiger partial charge in [-0.1, -0.05) is 48.2 Å². The molecule has 2 aromatic carbocycles. The minimum absolute atomic E-state index is 0.197. The number of carbonyl (C=O) groups is 1. The minimum Gasteiger partial charge on any atom is -0.317 e. The van der Waals surface area contributed by atoms with Crippen LogP contribution in [-0.4, -0.2) is 32.4 Å². The highest BCUT2D eigenvalue weighted by molar-refractivity contribution is 7.99. The Morgan fingerprint density at radius 2 is 1.75 bits per heavy atom. The van der Waals surface area contributed by atoms with Crippen molar-refractivity contribution in [2.45, 2.75) is 32.9 Å². The molecular formula is C25H25N5OS. The highest BCUT2D eigenvalue weighted by Gasteiger charge is 2.12. The summed E-state index contributed by atoms with van der Waals surface area (Å²) in [6.45, 7) is 7.96. The van der Waals surface area contributed by atoms with Crippen molar-refractivity contribution in [1.29, 1.82) is 0 Å². The van der Waals surface area contributed by atoms with Gasteiger partial charge in [-0.25, -0.2) is 15.4 Å². The van der Waals surface area contributed by atoms with E-state index in [1.807, 2.05) is 26.0 Å². The fourth-order valence-corrected chi connectivity index (χ4v) is 4.53. The molecule has 0 aliphatic carbocycles. The van der Waals surface area contributed by atoms with E-state index in [1.165, 1.54) is 22.5 Å². The van der Waals surface area contributed by atoms with Crippen LogP contribution in [0.3, 0.4) is 0 Å². The Kier molecular flexibility index (Phi) is 6.37. The molecule has 0 aliphatic rings. The normalized spacial score (nSPS) is 11.4. The first-order valence-electron chi connectivity index (χ1n) is 10.4. The van der Waals surface area contributed by atoms with Crippen LogP contribution in [0, 0.1) is 27.7 Å². The molecule has 4 aromatic rings. The molecule has 7 heteroatoms. The Labute approximate surface area is 191 Å². The predicted molar refractivity (Wildman–Crippen MR) is 131 cm³/mol. The van der Waals surface area contributed by atoms with Crippen molar-refractivity contribution in [3.63, 3.8) is 0 Å². The molecule has 1 amide bonds. The van der Waals surface area contributed by atoms with Crippen LogP contribution < -0.4 is 5.43 Å². The molecule has 32 heavy (non-hydrogen) atoms. The van der Waals surface area contributed by atoms with Gasteiger partial charge in [-0.2, -0.15) is 5.10 Å². The monoisotopic (exact) mass is 443 g/mol. The van der Waals surface area contributed by atoms with Gasteiger partial charge in [0, 0.05) is 33.7 Å². The zero-order valence-electron chi connectivity index (χ0n) is 18.6. The van der Waals surface area contributed by atoms with E-state index >= 15 is 0 Å². The molecule has 0 saturated carbocycles. The molecule has 0 fully saturated rings. The summed E-state index contributed by atoms with van der Waals surface area (Å²) in [4.78, 5) is 20.9. The number of amides is 1. The molecule has 0 unspecified atom stereocenters. The van der Waals surface area contributed by atoms with Gasteiger partial charge in [0.05, 0.1) is 17.7 Å². The zero-order chi connectivity index (χ0) is 22.7. The molecule has 1 N–H and O–H groups in total. The summed E-state index contributed by atoms with van der Waals surface area (Å²) < 4.78 is 2.22. The third-order valence-corrected chi connectivity index (χ3v) is 6.01. The van der Waals surface area contributed by atoms with E-state index in [-0.39, 0.29) is 11.7 Å². The lowest BCUT2D eigenvalue weighted by atomic mass is 10.1. The van der Waals surface area contributed by atoms with Crippen molar-refractivity contribution in [3.8, 4) is 5.69 Å². The van der Waals surface area contributed by atoms with Gasteiger partial charge >= 0.3 is 0 Å². The highest BCUT2D eigenvalue weighted by Crippen LogP contribution is 2.26. The largest absolute Gasteiger partial charge is 0.317 e. The number of fused-ring (bicyclic) bond motifs is 1. The van der Waals surface area contributed by atoms with Crippen molar-refractivity contribution >= 4 is 34.7 Å². The first kappa shape index (κ1) is 21.8. The molecule has 0 aliphatic heterocycles. The number of nitrogens with one attached hydrogen (secondary N) is 1. The predicted octanol–water partition coefficient (Wildman–Crippen LogP) is 4.90. The van der Waals surface area contributed by atoms with Crippen molar-refractivity contribution < 1.29 is 4.79 Å². The Bertz CT molecular complexity index is 1300. The van der Waals surface area contributed by atoms with Crippen LogP contribution in [0.1, 0.15) is 28.3 Å². The quantitative estimate of drug-likeness (QED) is 0.199. The van der Waals surface area contributed by atoms with Crippen LogP contribution >= 0.6 is 11.8 Å². The minimum atomic E-state index is -0.197. The lowest BCUT2D eigenvalue weighted by Gasteiger charge is -2.12. The fraction of sp³-hybridized carbons (Fsp3) is 0.200. The van der Waals surface area contributed by atoms with Crippen LogP contribution in [-0.2, 0) is 4.79 Å². The number of thioether (sulfide) groups is 1. The second kappa shape index (κ2) is 9.36. The van der Waals surface area contributed by atoms with Gasteiger partial charge in [-0.05, 0) is 51.3 Å². The SMILES string of the molecule is Cc1cc(C)nc(SCC(=O)N/N=C\c2cc(C)n(-c3cccc4ccccc34)c2C)n1. The van der Waals surface area contributed by atoms with Gasteiger partial charge in [-0.15, -0.1) is 0 Å². The van der Waals surface area contributed by atoms with E-state index in [2.05, 4.69) is 81.4 Å². The maximum atomic E-state index is 12.2. The number of hydrogen-bond acceptors (Lipinski definition) is 5. The van der Waals surface area contributed by atoms with Gasteiger partial charge < -0.3 is 4.57 Å². The molecule has 0 radical (unpaired) electrons. The molecule has 4 rings (SSSR count). The van der Waals surface area contributed by atoms with E-state index in [0.717, 1.165) is 34.0 Å². The Hall–Kier alpha value is -3.45. The molecule has 0 spiro atoms. The van der Waals surface area contributed by atoms with E-state index in [9.17, 15) is 4.79 Å². The summed E-state index contributed by atoms with van der Waals surface area (Å²) >= 11 is 1.30. The van der Waals surface area contributed by atoms with E-state index in [1.54, 1.807) is 6.21 Å². The van der Waals surface area contributed by atoms with Gasteiger partial charge in [0.2, 0.25) is 0 Å². The number of aryl methyl sites for hydroxylation is 3. The molecular weight excluding hydrogens is 418 g/mol. The van der Waals surface area contributed by atoms with Crippen LogP contribution in [0.15, 0.2) is 64.9 Å². The fourth-order valence-electron chi connectivity index (χ4n) is 3.79. The van der Waals surface area contributed by atoms with Crippen LogP contribution in [0.4, 0.5) is 0 Å². The van der Waals surface area contributed by atoms with Crippen molar-refractivity contribution in [2.75, 3.05) is 5.75 Å². The first-order chi connectivity index (χ1) is 15.4. The van der Waals surface area contributed by atoms with E-state index in [0.29, 0.717) is 5.16 Å². The zero-order valence-corrected chi connectivity index (χ0v) is 19.4. The van der Waals surface area contributed by atoms with Gasteiger partial charge in [-0.3, -0.25) is 4.79 Å². The van der Waals surface area contributed by atoms with Crippen LogP contribution in [0.25, 0.3) is 16.5 Å². The molecule has 0 bridgehead atoms. The highest BCUT2D eigenvalue weighted by atomic mass is 32.2. The Morgan fingerprint density at radius 3 is 2.53 bits per heavy atom. The molecule has 0 saturated heterocycles. The summed E-state index contributed by atoms with van der Waals surface area (Å²) in [6.07, 6.45) is 1.69. The third-order valence-electron chi connectivity index (χ3n) is 5.16. The Morgan fingerprint density at radius 1 is 1.03 bits per heavy atom. The summed E-state index contributed by atoms with van der Waals surface area (Å²) in [7, 11) is 0. The second-order valence-corrected chi connectivity index (χ2v) is 8.62. The van der Waals surface area contributed by atoms with Crippen LogP contribution in [0.2, 0.25) is 0 Å². The number of benzene rings is 2. The van der Waals surface area contributed by atoms with E-state index in [4.69, 9.17) is 0 Å². The van der Waals surface area contributed by atoms with Crippen molar-refractivity contribution in [3.05, 3.63) is 82.9 Å². The van der Waals surface area contributed by atoms with Crippen LogP contribution in [0.5, 0.6) is 0 Å². The summed E-state index contributed by atoms with van der Waals surface area (Å²) in [5, 5.41) is 7.16. The topological polar surface area (TPSA) is 72.2 Å². The number of hydrazone groups is 1. The Balaban J connectivity index is 1.46. The second-order valence-electron chi connectivity index (χ2n) is 7.68. The number of rotatable bonds is 6. The van der Waals surface area contributed by atoms with Gasteiger partial charge in [0.25, 0.3) is 5.91 Å². The lowest BCUT2D eigenvalue weighted by molar-refractivity contribution is -0.118. The molecule has 0 atom stereocenters. The maximum Gasteiger partial charge on any atom is 0.250 e. The number of hydrogen-bond donors (Lipinski definition) is 1.